The van der Waals surface area contributed by atoms with Crippen molar-refractivity contribution in [3.05, 3.63) is 29.3 Å². The number of hydrazine groups is 1. The van der Waals surface area contributed by atoms with Crippen LogP contribution in [0, 0.1) is 0 Å². The molecule has 0 saturated carbocycles. The van der Waals surface area contributed by atoms with E-state index in [-0.39, 0.29) is 12.3 Å². The van der Waals surface area contributed by atoms with E-state index in [9.17, 15) is 4.79 Å². The predicted octanol–water partition coefficient (Wildman–Crippen LogP) is 0.637. The Balaban J connectivity index is 2.96. The van der Waals surface area contributed by atoms with Gasteiger partial charge in [0.15, 0.2) is 0 Å². The fraction of sp³-hybridized carbons (Fsp3) is 0.417. The maximum Gasteiger partial charge on any atom is 0.235 e. The number of aryl methyl sites for hydroxylation is 1. The highest BCUT2D eigenvalue weighted by atomic mass is 16.5. The lowest BCUT2D eigenvalue weighted by Gasteiger charge is -2.16. The molecule has 1 unspecified atom stereocenters. The van der Waals surface area contributed by atoms with Gasteiger partial charge < -0.3 is 10.5 Å². The Hall–Kier alpha value is -1.59. The third-order valence-electron chi connectivity index (χ3n) is 2.67. The summed E-state index contributed by atoms with van der Waals surface area (Å²) in [7, 11) is 1.58. The van der Waals surface area contributed by atoms with Gasteiger partial charge >= 0.3 is 0 Å². The van der Waals surface area contributed by atoms with Crippen molar-refractivity contribution in [3.8, 4) is 5.75 Å². The van der Waals surface area contributed by atoms with Crippen LogP contribution in [0.3, 0.4) is 0 Å². The van der Waals surface area contributed by atoms with Crippen LogP contribution in [0.4, 0.5) is 0 Å². The zero-order chi connectivity index (χ0) is 12.8. The van der Waals surface area contributed by atoms with Gasteiger partial charge in [-0.15, -0.1) is 0 Å². The Morgan fingerprint density at radius 2 is 2.24 bits per heavy atom. The van der Waals surface area contributed by atoms with Crippen LogP contribution in [0.1, 0.15) is 30.5 Å². The van der Waals surface area contributed by atoms with Gasteiger partial charge in [-0.1, -0.05) is 19.1 Å². The van der Waals surface area contributed by atoms with Crippen molar-refractivity contribution < 1.29 is 9.53 Å². The minimum atomic E-state index is -0.417. The summed E-state index contributed by atoms with van der Waals surface area (Å²) < 4.78 is 5.24. The fourth-order valence-electron chi connectivity index (χ4n) is 1.66. The summed E-state index contributed by atoms with van der Waals surface area (Å²) in [5.74, 6) is 5.44. The van der Waals surface area contributed by atoms with Crippen LogP contribution in [0.5, 0.6) is 5.75 Å². The average Bonchev–Trinajstić information content (AvgIpc) is 2.37. The number of benzene rings is 1. The molecule has 0 fully saturated rings. The van der Waals surface area contributed by atoms with E-state index in [1.807, 2.05) is 18.2 Å². The summed E-state index contributed by atoms with van der Waals surface area (Å²) in [6.07, 6.45) is 1.05. The number of amides is 1. The zero-order valence-corrected chi connectivity index (χ0v) is 10.2. The number of ether oxygens (including phenoxy) is 1. The summed E-state index contributed by atoms with van der Waals surface area (Å²) in [6.45, 7) is 2.06. The molecule has 0 aromatic heterocycles. The molecule has 94 valence electrons. The molecule has 0 aliphatic carbocycles. The van der Waals surface area contributed by atoms with Crippen LogP contribution in [-0.2, 0) is 11.2 Å². The molecule has 0 bridgehead atoms. The molecular weight excluding hydrogens is 218 g/mol. The summed E-state index contributed by atoms with van der Waals surface area (Å²) in [5.41, 5.74) is 10.0. The number of methoxy groups -OCH3 is 1. The number of hydrogen-bond donors (Lipinski definition) is 3. The second-order valence-corrected chi connectivity index (χ2v) is 3.81. The van der Waals surface area contributed by atoms with Crippen LogP contribution < -0.4 is 21.7 Å². The molecule has 0 aliphatic heterocycles. The fourth-order valence-corrected chi connectivity index (χ4v) is 1.66. The Labute approximate surface area is 101 Å². The first-order chi connectivity index (χ1) is 8.12. The van der Waals surface area contributed by atoms with Gasteiger partial charge in [0.05, 0.1) is 7.11 Å². The molecule has 0 saturated heterocycles. The zero-order valence-electron chi connectivity index (χ0n) is 10.2. The standard InChI is InChI=1S/C12H19N3O2/c1-3-8-4-5-11(17-2)9(6-8)10(13)7-12(16)15-14/h4-6,10H,3,7,13-14H2,1-2H3,(H,15,16). The van der Waals surface area contributed by atoms with Crippen LogP contribution in [0.15, 0.2) is 18.2 Å². The lowest BCUT2D eigenvalue weighted by Crippen LogP contribution is -2.32. The summed E-state index contributed by atoms with van der Waals surface area (Å²) in [4.78, 5) is 11.2. The van der Waals surface area contributed by atoms with Gasteiger partial charge in [-0.25, -0.2) is 5.84 Å². The highest BCUT2D eigenvalue weighted by Crippen LogP contribution is 2.27. The normalized spacial score (nSPS) is 12.0. The van der Waals surface area contributed by atoms with Crippen molar-refractivity contribution in [2.75, 3.05) is 7.11 Å². The number of carbonyl (C=O) groups is 1. The van der Waals surface area contributed by atoms with E-state index in [0.29, 0.717) is 5.75 Å². The Morgan fingerprint density at radius 1 is 1.53 bits per heavy atom. The minimum Gasteiger partial charge on any atom is -0.496 e. The van der Waals surface area contributed by atoms with Crippen LogP contribution in [-0.4, -0.2) is 13.0 Å². The van der Waals surface area contributed by atoms with E-state index in [0.717, 1.165) is 17.5 Å². The maximum absolute atomic E-state index is 11.2. The number of nitrogens with two attached hydrogens (primary N) is 2. The first-order valence-corrected chi connectivity index (χ1v) is 5.54. The molecule has 1 rings (SSSR count). The molecule has 17 heavy (non-hydrogen) atoms. The molecule has 1 amide bonds. The molecule has 0 spiro atoms. The lowest BCUT2D eigenvalue weighted by atomic mass is 9.99. The van der Waals surface area contributed by atoms with Gasteiger partial charge in [0.25, 0.3) is 0 Å². The number of nitrogens with one attached hydrogen (secondary N) is 1. The van der Waals surface area contributed by atoms with E-state index in [4.69, 9.17) is 16.3 Å². The molecule has 5 nitrogen and oxygen atoms in total. The average molecular weight is 237 g/mol. The number of hydrogen-bond acceptors (Lipinski definition) is 4. The van der Waals surface area contributed by atoms with Gasteiger partial charge in [-0.3, -0.25) is 10.2 Å². The SMILES string of the molecule is CCc1ccc(OC)c(C(N)CC(=O)NN)c1. The van der Waals surface area contributed by atoms with Gasteiger partial charge in [0, 0.05) is 18.0 Å². The quantitative estimate of drug-likeness (QED) is 0.398. The lowest BCUT2D eigenvalue weighted by molar-refractivity contribution is -0.121. The highest BCUT2D eigenvalue weighted by Gasteiger charge is 2.15. The predicted molar refractivity (Wildman–Crippen MR) is 66.2 cm³/mol. The third-order valence-corrected chi connectivity index (χ3v) is 2.67. The molecule has 0 radical (unpaired) electrons. The van der Waals surface area contributed by atoms with E-state index >= 15 is 0 Å². The third kappa shape index (κ3) is 3.44. The van der Waals surface area contributed by atoms with Crippen molar-refractivity contribution in [1.29, 1.82) is 0 Å². The topological polar surface area (TPSA) is 90.4 Å². The van der Waals surface area contributed by atoms with Crippen molar-refractivity contribution in [1.82, 2.24) is 5.43 Å². The van der Waals surface area contributed by atoms with Crippen LogP contribution in [0.2, 0.25) is 0 Å². The minimum absolute atomic E-state index is 0.139. The summed E-state index contributed by atoms with van der Waals surface area (Å²) in [6, 6.07) is 5.40. The number of carbonyl (C=O) groups excluding carboxylic acids is 1. The van der Waals surface area contributed by atoms with Gasteiger partial charge in [0.1, 0.15) is 5.75 Å². The molecule has 0 heterocycles. The largest absolute Gasteiger partial charge is 0.496 e. The smallest absolute Gasteiger partial charge is 0.235 e. The monoisotopic (exact) mass is 237 g/mol. The molecule has 1 atom stereocenters. The second-order valence-electron chi connectivity index (χ2n) is 3.81. The first kappa shape index (κ1) is 13.5. The van der Waals surface area contributed by atoms with Gasteiger partial charge in [-0.2, -0.15) is 0 Å². The number of rotatable bonds is 5. The Bertz CT molecular complexity index is 393. The van der Waals surface area contributed by atoms with Crippen molar-refractivity contribution in [2.45, 2.75) is 25.8 Å². The van der Waals surface area contributed by atoms with E-state index in [1.165, 1.54) is 0 Å². The van der Waals surface area contributed by atoms with E-state index in [1.54, 1.807) is 7.11 Å². The van der Waals surface area contributed by atoms with Crippen LogP contribution >= 0.6 is 0 Å². The summed E-state index contributed by atoms with van der Waals surface area (Å²) >= 11 is 0. The molecule has 5 N–H and O–H groups in total. The Morgan fingerprint density at radius 3 is 2.76 bits per heavy atom. The van der Waals surface area contributed by atoms with Crippen LogP contribution in [0.25, 0.3) is 0 Å². The second kappa shape index (κ2) is 6.22. The Kier molecular flexibility index (Phi) is 4.93. The maximum atomic E-state index is 11.2. The van der Waals surface area contributed by atoms with Gasteiger partial charge in [-0.05, 0) is 18.1 Å². The molecular formula is C12H19N3O2. The van der Waals surface area contributed by atoms with Crippen molar-refractivity contribution in [2.24, 2.45) is 11.6 Å². The summed E-state index contributed by atoms with van der Waals surface area (Å²) in [5, 5.41) is 0. The molecule has 1 aromatic carbocycles. The molecule has 5 heteroatoms. The first-order valence-electron chi connectivity index (χ1n) is 5.54. The van der Waals surface area contributed by atoms with Gasteiger partial charge in [0.2, 0.25) is 5.91 Å². The van der Waals surface area contributed by atoms with E-state index in [2.05, 4.69) is 12.3 Å². The molecule has 0 aliphatic rings. The van der Waals surface area contributed by atoms with Crippen molar-refractivity contribution in [3.63, 3.8) is 0 Å². The highest BCUT2D eigenvalue weighted by molar-refractivity contribution is 5.76. The molecule has 1 aromatic rings. The van der Waals surface area contributed by atoms with E-state index < -0.39 is 6.04 Å². The van der Waals surface area contributed by atoms with Crippen molar-refractivity contribution >= 4 is 5.91 Å².